The second-order valence-electron chi connectivity index (χ2n) is 5.04. The predicted molar refractivity (Wildman–Crippen MR) is 78.8 cm³/mol. The number of nitrogens with zero attached hydrogens (tertiary/aromatic N) is 1. The van der Waals surface area contributed by atoms with Crippen molar-refractivity contribution in [1.29, 1.82) is 0 Å². The van der Waals surface area contributed by atoms with Gasteiger partial charge in [0, 0.05) is 25.4 Å². The number of hydrogen-bond acceptors (Lipinski definition) is 3. The molecule has 1 saturated heterocycles. The molecular formula is C14H17ClN2O4. The fraction of sp³-hybridized carbons (Fsp3) is 0.429. The van der Waals surface area contributed by atoms with Gasteiger partial charge in [-0.2, -0.15) is 0 Å². The number of carboxylic acids is 1. The first kappa shape index (κ1) is 15.6. The zero-order valence-corrected chi connectivity index (χ0v) is 12.1. The van der Waals surface area contributed by atoms with Gasteiger partial charge in [0.2, 0.25) is 0 Å². The number of hydrogen-bond donors (Lipinski definition) is 3. The fourth-order valence-corrected chi connectivity index (χ4v) is 2.67. The molecule has 1 aliphatic rings. The Balaban J connectivity index is 1.97. The second kappa shape index (κ2) is 6.78. The van der Waals surface area contributed by atoms with Crippen molar-refractivity contribution in [3.05, 3.63) is 28.8 Å². The Labute approximate surface area is 127 Å². The number of likely N-dealkylation sites (tertiary alicyclic amines) is 1. The van der Waals surface area contributed by atoms with E-state index in [1.165, 1.54) is 18.2 Å². The van der Waals surface area contributed by atoms with Crippen molar-refractivity contribution in [3.8, 4) is 0 Å². The van der Waals surface area contributed by atoms with E-state index >= 15 is 0 Å². The van der Waals surface area contributed by atoms with E-state index in [2.05, 4.69) is 5.32 Å². The summed E-state index contributed by atoms with van der Waals surface area (Å²) in [6, 6.07) is 4.05. The molecule has 1 atom stereocenters. The lowest BCUT2D eigenvalue weighted by Gasteiger charge is -2.17. The van der Waals surface area contributed by atoms with Crippen molar-refractivity contribution in [2.75, 3.05) is 25.0 Å². The molecule has 0 radical (unpaired) electrons. The summed E-state index contributed by atoms with van der Waals surface area (Å²) in [5.74, 6) is -0.775. The Morgan fingerprint density at radius 3 is 2.81 bits per heavy atom. The third kappa shape index (κ3) is 3.86. The second-order valence-corrected chi connectivity index (χ2v) is 5.45. The smallest absolute Gasteiger partial charge is 0.337 e. The average molecular weight is 313 g/mol. The van der Waals surface area contributed by atoms with Crippen LogP contribution < -0.4 is 5.32 Å². The summed E-state index contributed by atoms with van der Waals surface area (Å²) in [7, 11) is 0. The maximum Gasteiger partial charge on any atom is 0.337 e. The van der Waals surface area contributed by atoms with Crippen LogP contribution in [0, 0.1) is 5.92 Å². The zero-order chi connectivity index (χ0) is 15.4. The van der Waals surface area contributed by atoms with Crippen molar-refractivity contribution in [1.82, 2.24) is 4.90 Å². The third-order valence-corrected chi connectivity index (χ3v) is 3.87. The summed E-state index contributed by atoms with van der Waals surface area (Å²) in [5.41, 5.74) is 0.458. The highest BCUT2D eigenvalue weighted by Crippen LogP contribution is 2.23. The first-order valence-corrected chi connectivity index (χ1v) is 7.08. The molecule has 6 nitrogen and oxygen atoms in total. The van der Waals surface area contributed by atoms with Crippen LogP contribution in [0.25, 0.3) is 0 Å². The van der Waals surface area contributed by atoms with Crippen molar-refractivity contribution in [2.24, 2.45) is 5.92 Å². The van der Waals surface area contributed by atoms with E-state index in [-0.39, 0.29) is 23.2 Å². The minimum absolute atomic E-state index is 0.00107. The summed E-state index contributed by atoms with van der Waals surface area (Å²) in [6.07, 6.45) is 1.58. The molecule has 1 unspecified atom stereocenters. The number of aromatic carboxylic acids is 1. The number of carboxylic acid groups (broad SMARTS) is 1. The van der Waals surface area contributed by atoms with Crippen LogP contribution in [0.2, 0.25) is 5.02 Å². The number of amides is 2. The molecule has 21 heavy (non-hydrogen) atoms. The largest absolute Gasteiger partial charge is 0.478 e. The molecular weight excluding hydrogens is 296 g/mol. The minimum atomic E-state index is -1.11. The van der Waals surface area contributed by atoms with Crippen LogP contribution >= 0.6 is 11.6 Å². The van der Waals surface area contributed by atoms with Crippen LogP contribution in [-0.4, -0.2) is 46.8 Å². The molecule has 0 spiro atoms. The van der Waals surface area contributed by atoms with Crippen molar-refractivity contribution in [2.45, 2.75) is 12.8 Å². The van der Waals surface area contributed by atoms with Crippen LogP contribution in [0.15, 0.2) is 18.2 Å². The van der Waals surface area contributed by atoms with E-state index in [0.717, 1.165) is 6.42 Å². The molecule has 114 valence electrons. The van der Waals surface area contributed by atoms with Crippen LogP contribution in [-0.2, 0) is 0 Å². The number of urea groups is 1. The number of carbonyl (C=O) groups excluding carboxylic acids is 1. The normalized spacial score (nSPS) is 17.8. The van der Waals surface area contributed by atoms with E-state index in [1.807, 2.05) is 0 Å². The van der Waals surface area contributed by atoms with Gasteiger partial charge in [0.1, 0.15) is 0 Å². The third-order valence-electron chi connectivity index (χ3n) is 3.56. The number of aliphatic hydroxyl groups excluding tert-OH is 1. The Morgan fingerprint density at radius 1 is 1.43 bits per heavy atom. The van der Waals surface area contributed by atoms with E-state index < -0.39 is 5.97 Å². The standard InChI is InChI=1S/C14H17ClN2O4/c15-12-7-10(1-2-11(12)13(19)20)16-14(21)17-5-3-9(8-17)4-6-18/h1-2,7,9,18H,3-6,8H2,(H,16,21)(H,19,20). The van der Waals surface area contributed by atoms with Crippen LogP contribution in [0.3, 0.4) is 0 Å². The zero-order valence-electron chi connectivity index (χ0n) is 11.4. The number of rotatable bonds is 4. The lowest BCUT2D eigenvalue weighted by atomic mass is 10.1. The van der Waals surface area contributed by atoms with Gasteiger partial charge >= 0.3 is 12.0 Å². The van der Waals surface area contributed by atoms with Gasteiger partial charge in [-0.3, -0.25) is 0 Å². The average Bonchev–Trinajstić information content (AvgIpc) is 2.87. The molecule has 1 fully saturated rings. The number of carbonyl (C=O) groups is 2. The summed E-state index contributed by atoms with van der Waals surface area (Å²) in [4.78, 5) is 24.6. The van der Waals surface area contributed by atoms with E-state index in [1.54, 1.807) is 4.90 Å². The molecule has 0 bridgehead atoms. The van der Waals surface area contributed by atoms with Gasteiger partial charge in [-0.1, -0.05) is 11.6 Å². The molecule has 1 heterocycles. The predicted octanol–water partition coefficient (Wildman–Crippen LogP) is 2.27. The van der Waals surface area contributed by atoms with E-state index in [0.29, 0.717) is 31.1 Å². The van der Waals surface area contributed by atoms with Gasteiger partial charge in [0.05, 0.1) is 10.6 Å². The Morgan fingerprint density at radius 2 is 2.19 bits per heavy atom. The number of benzene rings is 1. The monoisotopic (exact) mass is 312 g/mol. The van der Waals surface area contributed by atoms with Gasteiger partial charge in [0.25, 0.3) is 0 Å². The first-order chi connectivity index (χ1) is 10.0. The molecule has 1 aromatic carbocycles. The summed E-state index contributed by atoms with van der Waals surface area (Å²) in [5, 5.41) is 20.6. The molecule has 1 aromatic rings. The van der Waals surface area contributed by atoms with Gasteiger partial charge in [-0.25, -0.2) is 9.59 Å². The molecule has 0 aliphatic carbocycles. The fourth-order valence-electron chi connectivity index (χ4n) is 2.40. The van der Waals surface area contributed by atoms with Gasteiger partial charge in [-0.05, 0) is 37.0 Å². The van der Waals surface area contributed by atoms with Gasteiger partial charge in [-0.15, -0.1) is 0 Å². The highest BCUT2D eigenvalue weighted by Gasteiger charge is 2.25. The highest BCUT2D eigenvalue weighted by atomic mass is 35.5. The molecule has 3 N–H and O–H groups in total. The molecule has 1 aliphatic heterocycles. The number of halogens is 1. The maximum atomic E-state index is 12.1. The quantitative estimate of drug-likeness (QED) is 0.795. The van der Waals surface area contributed by atoms with E-state index in [9.17, 15) is 9.59 Å². The Kier molecular flexibility index (Phi) is 5.03. The van der Waals surface area contributed by atoms with Crippen molar-refractivity contribution in [3.63, 3.8) is 0 Å². The van der Waals surface area contributed by atoms with Gasteiger partial charge in [0.15, 0.2) is 0 Å². The van der Waals surface area contributed by atoms with Crippen molar-refractivity contribution >= 4 is 29.3 Å². The molecule has 7 heteroatoms. The summed E-state index contributed by atoms with van der Waals surface area (Å²) < 4.78 is 0. The first-order valence-electron chi connectivity index (χ1n) is 6.71. The lowest BCUT2D eigenvalue weighted by molar-refractivity contribution is 0.0697. The Bertz CT molecular complexity index is 550. The highest BCUT2D eigenvalue weighted by molar-refractivity contribution is 6.33. The number of aliphatic hydroxyl groups is 1. The van der Waals surface area contributed by atoms with Crippen LogP contribution in [0.1, 0.15) is 23.2 Å². The number of nitrogens with one attached hydrogen (secondary N) is 1. The lowest BCUT2D eigenvalue weighted by Crippen LogP contribution is -2.33. The number of anilines is 1. The van der Waals surface area contributed by atoms with E-state index in [4.69, 9.17) is 21.8 Å². The topological polar surface area (TPSA) is 89.9 Å². The van der Waals surface area contributed by atoms with Crippen molar-refractivity contribution < 1.29 is 19.8 Å². The summed E-state index contributed by atoms with van der Waals surface area (Å²) >= 11 is 5.86. The molecule has 0 saturated carbocycles. The Hall–Kier alpha value is -1.79. The van der Waals surface area contributed by atoms with Crippen LogP contribution in [0.4, 0.5) is 10.5 Å². The summed E-state index contributed by atoms with van der Waals surface area (Å²) in [6.45, 7) is 1.40. The molecule has 0 aromatic heterocycles. The minimum Gasteiger partial charge on any atom is -0.478 e. The SMILES string of the molecule is O=C(O)c1ccc(NC(=O)N2CCC(CCO)C2)cc1Cl. The van der Waals surface area contributed by atoms with Crippen LogP contribution in [0.5, 0.6) is 0 Å². The molecule has 2 amide bonds. The maximum absolute atomic E-state index is 12.1. The van der Waals surface area contributed by atoms with Gasteiger partial charge < -0.3 is 20.4 Å². The molecule has 2 rings (SSSR count).